The largest absolute Gasteiger partial charge is 0.497 e. The van der Waals surface area contributed by atoms with Gasteiger partial charge < -0.3 is 25.3 Å². The second kappa shape index (κ2) is 13.0. The molecule has 0 atom stereocenters. The molecule has 3 aromatic heterocycles. The summed E-state index contributed by atoms with van der Waals surface area (Å²) in [6.45, 7) is 1.84. The van der Waals surface area contributed by atoms with Gasteiger partial charge in [-0.3, -0.25) is 4.79 Å². The molecule has 0 saturated heterocycles. The smallest absolute Gasteiger partial charge is 0.341 e. The summed E-state index contributed by atoms with van der Waals surface area (Å²) in [6.07, 6.45) is 0. The molecule has 0 aliphatic rings. The number of pyridine rings is 1. The second-order valence-corrected chi connectivity index (χ2v) is 12.0. The number of nitrogens with zero attached hydrogens (tertiary/aromatic N) is 1. The van der Waals surface area contributed by atoms with E-state index in [4.69, 9.17) is 24.9 Å². The number of methoxy groups -OCH3 is 2. The van der Waals surface area contributed by atoms with Crippen LogP contribution in [0.1, 0.15) is 27.0 Å². The number of aromatic nitrogens is 1. The minimum atomic E-state index is -0.602. The molecule has 0 fully saturated rings. The van der Waals surface area contributed by atoms with Crippen LogP contribution in [0.2, 0.25) is 0 Å². The molecule has 0 aliphatic heterocycles. The van der Waals surface area contributed by atoms with Crippen LogP contribution in [0.25, 0.3) is 43.7 Å². The Kier molecular flexibility index (Phi) is 8.69. The zero-order chi connectivity index (χ0) is 32.4. The van der Waals surface area contributed by atoms with Crippen LogP contribution < -0.4 is 20.5 Å². The number of thiophene rings is 2. The minimum absolute atomic E-state index is 0.143. The molecule has 11 heteroatoms. The van der Waals surface area contributed by atoms with Gasteiger partial charge in [0.1, 0.15) is 37.6 Å². The van der Waals surface area contributed by atoms with Crippen molar-refractivity contribution >= 4 is 55.5 Å². The lowest BCUT2D eigenvalue weighted by molar-refractivity contribution is 0.0529. The lowest BCUT2D eigenvalue weighted by Crippen LogP contribution is -2.15. The van der Waals surface area contributed by atoms with Crippen molar-refractivity contribution in [3.05, 3.63) is 101 Å². The van der Waals surface area contributed by atoms with E-state index in [-0.39, 0.29) is 22.7 Å². The van der Waals surface area contributed by atoms with Gasteiger partial charge in [0.05, 0.1) is 32.2 Å². The Morgan fingerprint density at radius 3 is 2.07 bits per heavy atom. The van der Waals surface area contributed by atoms with Gasteiger partial charge >= 0.3 is 5.97 Å². The third-order valence-corrected chi connectivity index (χ3v) is 9.34. The predicted molar refractivity (Wildman–Crippen MR) is 182 cm³/mol. The van der Waals surface area contributed by atoms with Crippen LogP contribution in [-0.2, 0) is 4.74 Å². The number of hydrogen-bond acceptors (Lipinski definition) is 9. The summed E-state index contributed by atoms with van der Waals surface area (Å²) in [6, 6.07) is 22.8. The van der Waals surface area contributed by atoms with Crippen LogP contribution in [0.5, 0.6) is 11.5 Å². The van der Waals surface area contributed by atoms with Crippen molar-refractivity contribution in [3.8, 4) is 45.0 Å². The van der Waals surface area contributed by atoms with Gasteiger partial charge in [-0.15, -0.1) is 22.7 Å². The summed E-state index contributed by atoms with van der Waals surface area (Å²) < 4.78 is 29.6. The van der Waals surface area contributed by atoms with Crippen LogP contribution in [0.15, 0.2) is 84.2 Å². The Labute approximate surface area is 272 Å². The number of esters is 1. The molecule has 1 amide bonds. The predicted octanol–water partition coefficient (Wildman–Crippen LogP) is 8.53. The molecule has 3 aromatic carbocycles. The van der Waals surface area contributed by atoms with Crippen LogP contribution >= 0.6 is 22.7 Å². The van der Waals surface area contributed by atoms with Crippen molar-refractivity contribution in [2.24, 2.45) is 0 Å². The monoisotopic (exact) mass is 653 g/mol. The van der Waals surface area contributed by atoms with Gasteiger partial charge in [-0.1, -0.05) is 24.3 Å². The third-order valence-electron chi connectivity index (χ3n) is 7.34. The van der Waals surface area contributed by atoms with Gasteiger partial charge in [0.25, 0.3) is 5.91 Å². The highest BCUT2D eigenvalue weighted by atomic mass is 32.1. The van der Waals surface area contributed by atoms with Gasteiger partial charge in [-0.25, -0.2) is 14.2 Å². The topological polar surface area (TPSA) is 113 Å². The van der Waals surface area contributed by atoms with Crippen molar-refractivity contribution in [1.82, 2.24) is 4.98 Å². The molecule has 0 aliphatic carbocycles. The second-order valence-electron chi connectivity index (χ2n) is 10.1. The molecule has 6 aromatic rings. The molecule has 0 bridgehead atoms. The summed E-state index contributed by atoms with van der Waals surface area (Å²) in [5, 5.41) is 5.54. The number of halogens is 1. The van der Waals surface area contributed by atoms with Gasteiger partial charge in [-0.2, -0.15) is 0 Å². The SMILES string of the molecule is CCOC(=O)c1c(-c2ccc(F)cc2)csc1NC(=O)c1sc2nc(-c3ccc(OC)cc3)cc(-c3ccc(OC)cc3)c2c1N. The lowest BCUT2D eigenvalue weighted by Gasteiger charge is -2.10. The first-order chi connectivity index (χ1) is 22.3. The molecule has 0 saturated carbocycles. The Balaban J connectivity index is 1.44. The highest BCUT2D eigenvalue weighted by Crippen LogP contribution is 2.43. The van der Waals surface area contributed by atoms with Crippen molar-refractivity contribution < 1.29 is 28.2 Å². The van der Waals surface area contributed by atoms with E-state index < -0.39 is 17.7 Å². The fourth-order valence-electron chi connectivity index (χ4n) is 5.06. The fourth-order valence-corrected chi connectivity index (χ4v) is 7.02. The zero-order valence-corrected chi connectivity index (χ0v) is 26.7. The number of amides is 1. The Hall–Kier alpha value is -5.26. The Bertz CT molecular complexity index is 2050. The number of carbonyl (C=O) groups is 2. The number of benzene rings is 3. The van der Waals surface area contributed by atoms with Gasteiger partial charge in [0.2, 0.25) is 0 Å². The van der Waals surface area contributed by atoms with E-state index in [2.05, 4.69) is 5.32 Å². The third kappa shape index (κ3) is 5.90. The molecule has 6 rings (SSSR count). The average molecular weight is 654 g/mol. The molecule has 232 valence electrons. The van der Waals surface area contributed by atoms with E-state index in [1.807, 2.05) is 54.6 Å². The fraction of sp³-hybridized carbons (Fsp3) is 0.114. The number of anilines is 2. The summed E-state index contributed by atoms with van der Waals surface area (Å²) in [7, 11) is 3.21. The number of carbonyl (C=O) groups excluding carboxylic acids is 2. The highest BCUT2D eigenvalue weighted by Gasteiger charge is 2.26. The highest BCUT2D eigenvalue weighted by molar-refractivity contribution is 7.21. The van der Waals surface area contributed by atoms with Crippen LogP contribution in [0, 0.1) is 5.82 Å². The van der Waals surface area contributed by atoms with E-state index in [0.29, 0.717) is 37.8 Å². The number of hydrogen-bond donors (Lipinski definition) is 2. The standard InChI is InChI=1S/C35H28FN3O5S2/c1-4-44-35(41)29-26(20-5-11-22(36)12-6-20)18-45-33(29)39-32(40)31-30(37)28-25(19-7-13-23(42-2)14-8-19)17-27(38-34(28)46-31)21-9-15-24(43-3)16-10-21/h5-18H,4,37H2,1-3H3,(H,39,40). The van der Waals surface area contributed by atoms with Gasteiger partial charge in [0, 0.05) is 21.9 Å². The quantitative estimate of drug-likeness (QED) is 0.150. The average Bonchev–Trinajstić information content (AvgIpc) is 3.65. The number of nitrogens with two attached hydrogens (primary N) is 1. The first-order valence-corrected chi connectivity index (χ1v) is 15.9. The summed E-state index contributed by atoms with van der Waals surface area (Å²) in [4.78, 5) is 32.7. The molecule has 0 spiro atoms. The van der Waals surface area contributed by atoms with E-state index in [0.717, 1.165) is 33.8 Å². The normalized spacial score (nSPS) is 11.0. The van der Waals surface area contributed by atoms with E-state index in [9.17, 15) is 14.0 Å². The number of fused-ring (bicyclic) bond motifs is 1. The lowest BCUT2D eigenvalue weighted by atomic mass is 9.99. The number of ether oxygens (including phenoxy) is 3. The van der Waals surface area contributed by atoms with Gasteiger partial charge in [0.15, 0.2) is 0 Å². The first kappa shape index (κ1) is 30.8. The molecule has 0 radical (unpaired) electrons. The number of nitrogen functional groups attached to an aromatic ring is 1. The van der Waals surface area contributed by atoms with Crippen molar-refractivity contribution in [3.63, 3.8) is 0 Å². The molecule has 46 heavy (non-hydrogen) atoms. The van der Waals surface area contributed by atoms with Crippen molar-refractivity contribution in [1.29, 1.82) is 0 Å². The molecular formula is C35H28FN3O5S2. The number of rotatable bonds is 9. The van der Waals surface area contributed by atoms with E-state index >= 15 is 0 Å². The minimum Gasteiger partial charge on any atom is -0.497 e. The summed E-state index contributed by atoms with van der Waals surface area (Å²) in [5.74, 6) is -0.0715. The summed E-state index contributed by atoms with van der Waals surface area (Å²) in [5.41, 5.74) is 11.5. The van der Waals surface area contributed by atoms with Gasteiger partial charge in [-0.05, 0) is 78.2 Å². The maximum Gasteiger partial charge on any atom is 0.341 e. The van der Waals surface area contributed by atoms with E-state index in [1.165, 1.54) is 23.5 Å². The molecule has 0 unspecified atom stereocenters. The van der Waals surface area contributed by atoms with Crippen LogP contribution in [-0.4, -0.2) is 37.7 Å². The molecule has 3 N–H and O–H groups in total. The van der Waals surface area contributed by atoms with Crippen LogP contribution in [0.4, 0.5) is 15.1 Å². The van der Waals surface area contributed by atoms with E-state index in [1.54, 1.807) is 38.7 Å². The molecular weight excluding hydrogens is 626 g/mol. The summed E-state index contributed by atoms with van der Waals surface area (Å²) >= 11 is 2.33. The molecule has 8 nitrogen and oxygen atoms in total. The Morgan fingerprint density at radius 2 is 1.46 bits per heavy atom. The maximum atomic E-state index is 13.9. The van der Waals surface area contributed by atoms with Crippen molar-refractivity contribution in [2.75, 3.05) is 31.9 Å². The van der Waals surface area contributed by atoms with Crippen molar-refractivity contribution in [2.45, 2.75) is 6.92 Å². The van der Waals surface area contributed by atoms with Crippen LogP contribution in [0.3, 0.4) is 0 Å². The number of nitrogens with one attached hydrogen (secondary N) is 1. The Morgan fingerprint density at radius 1 is 0.870 bits per heavy atom. The zero-order valence-electron chi connectivity index (χ0n) is 25.1. The molecule has 3 heterocycles. The maximum absolute atomic E-state index is 13.9. The first-order valence-electron chi connectivity index (χ1n) is 14.2.